The second-order valence-corrected chi connectivity index (χ2v) is 8.39. The summed E-state index contributed by atoms with van der Waals surface area (Å²) in [6.07, 6.45) is 1.04. The molecule has 1 atom stereocenters. The Hall–Kier alpha value is -3.35. The molecule has 0 aliphatic carbocycles. The number of rotatable bonds is 9. The topological polar surface area (TPSA) is 87.7 Å². The van der Waals surface area contributed by atoms with E-state index in [9.17, 15) is 14.4 Å². The van der Waals surface area contributed by atoms with Crippen LogP contribution in [-0.2, 0) is 20.8 Å². The van der Waals surface area contributed by atoms with E-state index in [1.807, 2.05) is 45.0 Å². The SMILES string of the molecule is CCc1ccccc1NC(=O)COc1ccc(N2C[C@H](C(=O)NCC(C)C)CC2=O)cc1. The van der Waals surface area contributed by atoms with E-state index in [2.05, 4.69) is 10.6 Å². The molecule has 0 aromatic heterocycles. The number of hydrogen-bond donors (Lipinski definition) is 2. The number of aryl methyl sites for hydroxylation is 1. The molecule has 1 fully saturated rings. The third kappa shape index (κ3) is 6.09. The molecule has 1 heterocycles. The zero-order chi connectivity index (χ0) is 23.1. The zero-order valence-electron chi connectivity index (χ0n) is 18.9. The number of carbonyl (C=O) groups excluding carboxylic acids is 3. The van der Waals surface area contributed by atoms with Crippen molar-refractivity contribution >= 4 is 29.1 Å². The van der Waals surface area contributed by atoms with Crippen LogP contribution in [0, 0.1) is 11.8 Å². The normalized spacial score (nSPS) is 15.7. The minimum atomic E-state index is -0.341. The first-order chi connectivity index (χ1) is 15.4. The molecule has 0 spiro atoms. The maximum atomic E-state index is 12.4. The van der Waals surface area contributed by atoms with Crippen molar-refractivity contribution in [3.8, 4) is 5.75 Å². The second-order valence-electron chi connectivity index (χ2n) is 8.39. The Bertz CT molecular complexity index is 956. The molecule has 7 heteroatoms. The average molecular weight is 438 g/mol. The lowest BCUT2D eigenvalue weighted by Crippen LogP contribution is -2.35. The summed E-state index contributed by atoms with van der Waals surface area (Å²) in [4.78, 5) is 38.6. The number of benzene rings is 2. The van der Waals surface area contributed by atoms with Gasteiger partial charge in [-0.2, -0.15) is 0 Å². The molecular weight excluding hydrogens is 406 g/mol. The van der Waals surface area contributed by atoms with Gasteiger partial charge >= 0.3 is 0 Å². The Morgan fingerprint density at radius 2 is 1.84 bits per heavy atom. The van der Waals surface area contributed by atoms with E-state index in [-0.39, 0.29) is 36.7 Å². The van der Waals surface area contributed by atoms with Gasteiger partial charge in [-0.05, 0) is 48.2 Å². The average Bonchev–Trinajstić information content (AvgIpc) is 3.18. The number of carbonyl (C=O) groups is 3. The summed E-state index contributed by atoms with van der Waals surface area (Å²) in [6, 6.07) is 14.7. The summed E-state index contributed by atoms with van der Waals surface area (Å²) in [5.74, 6) is 0.169. The van der Waals surface area contributed by atoms with Crippen molar-refractivity contribution in [2.75, 3.05) is 29.9 Å². The Morgan fingerprint density at radius 3 is 2.53 bits per heavy atom. The molecule has 2 aromatic carbocycles. The third-order valence-corrected chi connectivity index (χ3v) is 5.37. The third-order valence-electron chi connectivity index (χ3n) is 5.37. The number of anilines is 2. The van der Waals surface area contributed by atoms with Gasteiger partial charge in [-0.1, -0.05) is 39.0 Å². The number of hydrogen-bond acceptors (Lipinski definition) is 4. The summed E-state index contributed by atoms with van der Waals surface area (Å²) < 4.78 is 5.59. The van der Waals surface area contributed by atoms with Crippen molar-refractivity contribution in [1.29, 1.82) is 0 Å². The van der Waals surface area contributed by atoms with E-state index in [1.54, 1.807) is 29.2 Å². The van der Waals surface area contributed by atoms with Gasteiger partial charge in [-0.3, -0.25) is 14.4 Å². The zero-order valence-corrected chi connectivity index (χ0v) is 18.9. The van der Waals surface area contributed by atoms with Crippen LogP contribution in [0.2, 0.25) is 0 Å². The van der Waals surface area contributed by atoms with Crippen molar-refractivity contribution in [3.05, 3.63) is 54.1 Å². The minimum Gasteiger partial charge on any atom is -0.484 e. The molecule has 0 saturated carbocycles. The summed E-state index contributed by atoms with van der Waals surface area (Å²) in [6.45, 7) is 6.95. The second kappa shape index (κ2) is 10.8. The number of nitrogens with zero attached hydrogens (tertiary/aromatic N) is 1. The van der Waals surface area contributed by atoms with Gasteiger partial charge in [0.05, 0.1) is 5.92 Å². The fraction of sp³-hybridized carbons (Fsp3) is 0.400. The Labute approximate surface area is 189 Å². The maximum absolute atomic E-state index is 12.4. The molecule has 170 valence electrons. The molecule has 1 saturated heterocycles. The standard InChI is InChI=1S/C25H31N3O4/c1-4-18-7-5-6-8-22(18)27-23(29)16-32-21-11-9-20(10-12-21)28-15-19(13-24(28)30)25(31)26-14-17(2)3/h5-12,17,19H,4,13-16H2,1-3H3,(H,26,31)(H,27,29)/t19-/m1/s1. The molecular formula is C25H31N3O4. The van der Waals surface area contributed by atoms with E-state index in [4.69, 9.17) is 4.74 Å². The van der Waals surface area contributed by atoms with E-state index < -0.39 is 0 Å². The molecule has 32 heavy (non-hydrogen) atoms. The molecule has 1 aliphatic rings. The van der Waals surface area contributed by atoms with Crippen molar-refractivity contribution in [2.45, 2.75) is 33.6 Å². The van der Waals surface area contributed by atoms with Gasteiger partial charge in [-0.15, -0.1) is 0 Å². The quantitative estimate of drug-likeness (QED) is 0.630. The summed E-state index contributed by atoms with van der Waals surface area (Å²) in [5.41, 5.74) is 2.57. The van der Waals surface area contributed by atoms with Crippen molar-refractivity contribution in [3.63, 3.8) is 0 Å². The van der Waals surface area contributed by atoms with Crippen LogP contribution in [0.15, 0.2) is 48.5 Å². The molecule has 1 aliphatic heterocycles. The highest BCUT2D eigenvalue weighted by atomic mass is 16.5. The molecule has 3 rings (SSSR count). The van der Waals surface area contributed by atoms with Crippen molar-refractivity contribution in [1.82, 2.24) is 5.32 Å². The van der Waals surface area contributed by atoms with Crippen molar-refractivity contribution < 1.29 is 19.1 Å². The van der Waals surface area contributed by atoms with Gasteiger partial charge in [0.25, 0.3) is 5.91 Å². The molecule has 7 nitrogen and oxygen atoms in total. The number of nitrogens with one attached hydrogen (secondary N) is 2. The Morgan fingerprint density at radius 1 is 1.12 bits per heavy atom. The summed E-state index contributed by atoms with van der Waals surface area (Å²) in [5, 5.41) is 5.77. The van der Waals surface area contributed by atoms with Crippen LogP contribution in [0.5, 0.6) is 5.75 Å². The fourth-order valence-electron chi connectivity index (χ4n) is 3.59. The first kappa shape index (κ1) is 23.3. The van der Waals surface area contributed by atoms with Gasteiger partial charge in [0.1, 0.15) is 5.75 Å². The molecule has 2 aromatic rings. The highest BCUT2D eigenvalue weighted by Crippen LogP contribution is 2.27. The lowest BCUT2D eigenvalue weighted by atomic mass is 10.1. The molecule has 0 radical (unpaired) electrons. The van der Waals surface area contributed by atoms with Crippen LogP contribution >= 0.6 is 0 Å². The largest absolute Gasteiger partial charge is 0.484 e. The smallest absolute Gasteiger partial charge is 0.262 e. The van der Waals surface area contributed by atoms with Crippen LogP contribution in [0.25, 0.3) is 0 Å². The molecule has 3 amide bonds. The number of ether oxygens (including phenoxy) is 1. The molecule has 0 bridgehead atoms. The Balaban J connectivity index is 1.52. The highest BCUT2D eigenvalue weighted by Gasteiger charge is 2.35. The van der Waals surface area contributed by atoms with Crippen LogP contribution in [0.4, 0.5) is 11.4 Å². The summed E-state index contributed by atoms with van der Waals surface area (Å²) in [7, 11) is 0. The highest BCUT2D eigenvalue weighted by molar-refractivity contribution is 6.00. The maximum Gasteiger partial charge on any atom is 0.262 e. The fourth-order valence-corrected chi connectivity index (χ4v) is 3.59. The van der Waals surface area contributed by atoms with Crippen LogP contribution in [0.3, 0.4) is 0 Å². The number of para-hydroxylation sites is 1. The van der Waals surface area contributed by atoms with E-state index in [1.165, 1.54) is 0 Å². The molecule has 2 N–H and O–H groups in total. The predicted molar refractivity (Wildman–Crippen MR) is 125 cm³/mol. The van der Waals surface area contributed by atoms with Crippen LogP contribution in [0.1, 0.15) is 32.8 Å². The lowest BCUT2D eigenvalue weighted by Gasteiger charge is -2.17. The molecule has 0 unspecified atom stereocenters. The first-order valence-electron chi connectivity index (χ1n) is 11.1. The van der Waals surface area contributed by atoms with Crippen LogP contribution in [-0.4, -0.2) is 37.4 Å². The van der Waals surface area contributed by atoms with E-state index >= 15 is 0 Å². The Kier molecular flexibility index (Phi) is 7.87. The van der Waals surface area contributed by atoms with Gasteiger partial charge in [0.2, 0.25) is 11.8 Å². The van der Waals surface area contributed by atoms with Gasteiger partial charge < -0.3 is 20.3 Å². The number of amides is 3. The monoisotopic (exact) mass is 437 g/mol. The first-order valence-corrected chi connectivity index (χ1v) is 11.1. The predicted octanol–water partition coefficient (Wildman–Crippen LogP) is 3.39. The van der Waals surface area contributed by atoms with Crippen molar-refractivity contribution in [2.24, 2.45) is 11.8 Å². The van der Waals surface area contributed by atoms with E-state index in [0.717, 1.165) is 17.7 Å². The van der Waals surface area contributed by atoms with E-state index in [0.29, 0.717) is 30.4 Å². The minimum absolute atomic E-state index is 0.0719. The van der Waals surface area contributed by atoms with Gasteiger partial charge in [0.15, 0.2) is 6.61 Å². The van der Waals surface area contributed by atoms with Gasteiger partial charge in [0, 0.05) is 30.9 Å². The summed E-state index contributed by atoms with van der Waals surface area (Å²) >= 11 is 0. The van der Waals surface area contributed by atoms with Crippen LogP contribution < -0.4 is 20.3 Å². The van der Waals surface area contributed by atoms with Gasteiger partial charge in [-0.25, -0.2) is 0 Å². The lowest BCUT2D eigenvalue weighted by molar-refractivity contribution is -0.126.